The van der Waals surface area contributed by atoms with Crippen molar-refractivity contribution in [3.63, 3.8) is 0 Å². The molecule has 0 atom stereocenters. The summed E-state index contributed by atoms with van der Waals surface area (Å²) in [6.07, 6.45) is -5.07. The summed E-state index contributed by atoms with van der Waals surface area (Å²) in [5.74, 6) is -1.11. The Morgan fingerprint density at radius 3 is 2.33 bits per heavy atom. The van der Waals surface area contributed by atoms with E-state index in [-0.39, 0.29) is 9.45 Å². The maximum atomic E-state index is 12.1. The van der Waals surface area contributed by atoms with Gasteiger partial charge in [0.15, 0.2) is 11.5 Å². The van der Waals surface area contributed by atoms with Crippen molar-refractivity contribution in [3.05, 3.63) is 9.77 Å². The first-order valence-electron chi connectivity index (χ1n) is 4.07. The van der Waals surface area contributed by atoms with Crippen molar-refractivity contribution in [2.45, 2.75) is 11.4 Å². The minimum Gasteiger partial charge on any atom is -0.494 e. The monoisotopic (exact) mass is 398 g/mol. The van der Waals surface area contributed by atoms with E-state index in [0.29, 0.717) is 0 Å². The Kier molecular flexibility index (Phi) is 4.27. The molecule has 0 aliphatic heterocycles. The number of hydrogen-bond acceptors (Lipinski definition) is 5. The standard InChI is InChI=1S/C7H6F3IN2O4S/c1-16-3-2-4(17-7(8,9)10)6(13-5(3)11)18(12,14)15/h2H,1H3,(H2,12,14,15). The highest BCUT2D eigenvalue weighted by Crippen LogP contribution is 2.33. The van der Waals surface area contributed by atoms with E-state index in [1.807, 2.05) is 0 Å². The molecule has 0 aliphatic rings. The van der Waals surface area contributed by atoms with Gasteiger partial charge >= 0.3 is 6.36 Å². The van der Waals surface area contributed by atoms with Crippen molar-refractivity contribution in [1.82, 2.24) is 4.98 Å². The van der Waals surface area contributed by atoms with Crippen LogP contribution in [0, 0.1) is 3.70 Å². The molecule has 0 saturated carbocycles. The second-order valence-corrected chi connectivity index (χ2v) is 5.38. The minimum absolute atomic E-state index is 0.0358. The van der Waals surface area contributed by atoms with Gasteiger partial charge < -0.3 is 9.47 Å². The smallest absolute Gasteiger partial charge is 0.494 e. The zero-order valence-corrected chi connectivity index (χ0v) is 11.6. The Morgan fingerprint density at radius 1 is 1.39 bits per heavy atom. The lowest BCUT2D eigenvalue weighted by Crippen LogP contribution is -2.22. The van der Waals surface area contributed by atoms with Gasteiger partial charge in [0.25, 0.3) is 10.0 Å². The number of ether oxygens (including phenoxy) is 2. The second-order valence-electron chi connectivity index (χ2n) is 2.88. The molecule has 0 aliphatic carbocycles. The third-order valence-corrected chi connectivity index (χ3v) is 3.20. The number of halogens is 4. The molecule has 0 bridgehead atoms. The third kappa shape index (κ3) is 3.84. The summed E-state index contributed by atoms with van der Waals surface area (Å²) < 4.78 is 66.9. The molecule has 1 rings (SSSR count). The van der Waals surface area contributed by atoms with Crippen LogP contribution in [0.5, 0.6) is 11.5 Å². The highest BCUT2D eigenvalue weighted by molar-refractivity contribution is 14.1. The number of pyridine rings is 1. The number of sulfonamides is 1. The highest BCUT2D eigenvalue weighted by atomic mass is 127. The maximum absolute atomic E-state index is 12.1. The van der Waals surface area contributed by atoms with E-state index in [1.54, 1.807) is 22.6 Å². The molecule has 18 heavy (non-hydrogen) atoms. The van der Waals surface area contributed by atoms with Gasteiger partial charge in [-0.05, 0) is 22.6 Å². The zero-order chi connectivity index (χ0) is 14.1. The van der Waals surface area contributed by atoms with Gasteiger partial charge in [-0.25, -0.2) is 18.5 Å². The number of nitrogens with two attached hydrogens (primary N) is 1. The Balaban J connectivity index is 3.45. The van der Waals surface area contributed by atoms with Crippen LogP contribution in [-0.4, -0.2) is 26.9 Å². The Morgan fingerprint density at radius 2 is 1.94 bits per heavy atom. The number of primary sulfonamides is 1. The summed E-state index contributed by atoms with van der Waals surface area (Å²) >= 11 is 1.59. The number of rotatable bonds is 3. The van der Waals surface area contributed by atoms with E-state index in [4.69, 9.17) is 9.88 Å². The number of methoxy groups -OCH3 is 1. The van der Waals surface area contributed by atoms with E-state index in [2.05, 4.69) is 9.72 Å². The summed E-state index contributed by atoms with van der Waals surface area (Å²) in [5.41, 5.74) is 0. The predicted molar refractivity (Wildman–Crippen MR) is 61.6 cm³/mol. The molecule has 0 spiro atoms. The number of alkyl halides is 3. The number of hydrogen-bond donors (Lipinski definition) is 1. The maximum Gasteiger partial charge on any atom is 0.573 e. The van der Waals surface area contributed by atoms with Gasteiger partial charge in [0.2, 0.25) is 5.03 Å². The fourth-order valence-corrected chi connectivity index (χ4v) is 2.36. The summed E-state index contributed by atoms with van der Waals surface area (Å²) in [6.45, 7) is 0. The molecule has 102 valence electrons. The van der Waals surface area contributed by atoms with Crippen molar-refractivity contribution >= 4 is 32.6 Å². The molecule has 0 aromatic carbocycles. The first-order valence-corrected chi connectivity index (χ1v) is 6.70. The van der Waals surface area contributed by atoms with Crippen LogP contribution < -0.4 is 14.6 Å². The molecular weight excluding hydrogens is 392 g/mol. The quantitative estimate of drug-likeness (QED) is 0.611. The lowest BCUT2D eigenvalue weighted by molar-refractivity contribution is -0.275. The summed E-state index contributed by atoms with van der Waals surface area (Å²) in [4.78, 5) is 3.42. The summed E-state index contributed by atoms with van der Waals surface area (Å²) in [5, 5.41) is 3.75. The average Bonchev–Trinajstić information content (AvgIpc) is 2.16. The van der Waals surface area contributed by atoms with E-state index in [1.165, 1.54) is 7.11 Å². The molecule has 1 aromatic rings. The molecular formula is C7H6F3IN2O4S. The predicted octanol–water partition coefficient (Wildman–Crippen LogP) is 1.24. The van der Waals surface area contributed by atoms with Crippen molar-refractivity contribution in [2.24, 2.45) is 5.14 Å². The van der Waals surface area contributed by atoms with E-state index in [9.17, 15) is 21.6 Å². The lowest BCUT2D eigenvalue weighted by Gasteiger charge is -2.13. The van der Waals surface area contributed by atoms with E-state index >= 15 is 0 Å². The fraction of sp³-hybridized carbons (Fsp3) is 0.286. The van der Waals surface area contributed by atoms with Crippen molar-refractivity contribution in [2.75, 3.05) is 7.11 Å². The minimum atomic E-state index is -5.07. The van der Waals surface area contributed by atoms with Crippen molar-refractivity contribution in [1.29, 1.82) is 0 Å². The van der Waals surface area contributed by atoms with Gasteiger partial charge in [0.05, 0.1) is 7.11 Å². The zero-order valence-electron chi connectivity index (χ0n) is 8.66. The van der Waals surface area contributed by atoms with Crippen LogP contribution in [0.25, 0.3) is 0 Å². The molecule has 11 heteroatoms. The SMILES string of the molecule is COc1cc(OC(F)(F)F)c(S(N)(=O)=O)nc1I. The van der Waals surface area contributed by atoms with Crippen molar-refractivity contribution < 1.29 is 31.1 Å². The van der Waals surface area contributed by atoms with Gasteiger partial charge in [0, 0.05) is 6.07 Å². The van der Waals surface area contributed by atoms with Crippen LogP contribution >= 0.6 is 22.6 Å². The van der Waals surface area contributed by atoms with Gasteiger partial charge in [-0.2, -0.15) is 0 Å². The molecule has 1 heterocycles. The first-order chi connectivity index (χ1) is 8.04. The van der Waals surface area contributed by atoms with Crippen LogP contribution in [0.2, 0.25) is 0 Å². The third-order valence-electron chi connectivity index (χ3n) is 1.59. The Hall–Kier alpha value is -0.820. The Labute approximate surface area is 113 Å². The van der Waals surface area contributed by atoms with Gasteiger partial charge in [-0.1, -0.05) is 0 Å². The normalized spacial score (nSPS) is 12.3. The van der Waals surface area contributed by atoms with E-state index < -0.39 is 27.2 Å². The topological polar surface area (TPSA) is 91.5 Å². The van der Waals surface area contributed by atoms with Crippen LogP contribution in [-0.2, 0) is 10.0 Å². The van der Waals surface area contributed by atoms with Crippen LogP contribution in [0.4, 0.5) is 13.2 Å². The first kappa shape index (κ1) is 15.2. The van der Waals surface area contributed by atoms with Gasteiger partial charge in [0.1, 0.15) is 3.70 Å². The fourth-order valence-electron chi connectivity index (χ4n) is 0.984. The average molecular weight is 398 g/mol. The van der Waals surface area contributed by atoms with E-state index in [0.717, 1.165) is 6.07 Å². The lowest BCUT2D eigenvalue weighted by atomic mass is 10.4. The molecule has 1 aromatic heterocycles. The highest BCUT2D eigenvalue weighted by Gasteiger charge is 2.35. The van der Waals surface area contributed by atoms with Crippen molar-refractivity contribution in [3.8, 4) is 11.5 Å². The molecule has 2 N–H and O–H groups in total. The molecule has 0 fully saturated rings. The summed E-state index contributed by atoms with van der Waals surface area (Å²) in [7, 11) is -3.26. The van der Waals surface area contributed by atoms with Gasteiger partial charge in [-0.15, -0.1) is 13.2 Å². The van der Waals surface area contributed by atoms with Crippen LogP contribution in [0.15, 0.2) is 11.1 Å². The molecule has 0 saturated heterocycles. The second kappa shape index (κ2) is 5.05. The largest absolute Gasteiger partial charge is 0.573 e. The molecule has 6 nitrogen and oxygen atoms in total. The molecule has 0 amide bonds. The molecule has 0 radical (unpaired) electrons. The number of nitrogens with zero attached hydrogens (tertiary/aromatic N) is 1. The van der Waals surface area contributed by atoms with Crippen LogP contribution in [0.3, 0.4) is 0 Å². The number of aromatic nitrogens is 1. The van der Waals surface area contributed by atoms with Crippen LogP contribution in [0.1, 0.15) is 0 Å². The molecule has 0 unspecified atom stereocenters. The Bertz CT molecular complexity index is 561. The summed E-state index contributed by atoms with van der Waals surface area (Å²) in [6, 6.07) is 0.752. The van der Waals surface area contributed by atoms with Gasteiger partial charge in [-0.3, -0.25) is 0 Å².